The van der Waals surface area contributed by atoms with E-state index in [9.17, 15) is 8.78 Å². The number of nitrogens with one attached hydrogen (secondary N) is 1. The van der Waals surface area contributed by atoms with Crippen LogP contribution in [0, 0.1) is 11.6 Å². The molecule has 1 N–H and O–H groups in total. The smallest absolute Gasteiger partial charge is 0.151 e. The summed E-state index contributed by atoms with van der Waals surface area (Å²) < 4.78 is 27.9. The third kappa shape index (κ3) is 3.17. The quantitative estimate of drug-likeness (QED) is 0.591. The molecule has 22 heavy (non-hydrogen) atoms. The van der Waals surface area contributed by atoms with Gasteiger partial charge >= 0.3 is 0 Å². The van der Waals surface area contributed by atoms with E-state index >= 15 is 0 Å². The predicted octanol–water partition coefficient (Wildman–Crippen LogP) is 3.60. The lowest BCUT2D eigenvalue weighted by Crippen LogP contribution is -1.94. The van der Waals surface area contributed by atoms with E-state index in [1.165, 1.54) is 12.3 Å². The van der Waals surface area contributed by atoms with Gasteiger partial charge in [0.05, 0.1) is 23.8 Å². The molecule has 110 valence electrons. The Morgan fingerprint density at radius 3 is 2.68 bits per heavy atom. The van der Waals surface area contributed by atoms with Crippen LogP contribution in [0.2, 0.25) is 0 Å². The van der Waals surface area contributed by atoms with Gasteiger partial charge in [0.15, 0.2) is 5.82 Å². The van der Waals surface area contributed by atoms with Crippen molar-refractivity contribution in [2.75, 3.05) is 5.43 Å². The average Bonchev–Trinajstić information content (AvgIpc) is 2.99. The van der Waals surface area contributed by atoms with Crippen LogP contribution in [0.4, 0.5) is 14.5 Å². The zero-order chi connectivity index (χ0) is 15.4. The van der Waals surface area contributed by atoms with Crippen molar-refractivity contribution in [2.45, 2.75) is 0 Å². The molecule has 3 rings (SSSR count). The van der Waals surface area contributed by atoms with Gasteiger partial charge in [0, 0.05) is 17.8 Å². The Bertz CT molecular complexity index is 797. The fourth-order valence-electron chi connectivity index (χ4n) is 1.88. The lowest BCUT2D eigenvalue weighted by Gasteiger charge is -2.01. The number of benzene rings is 2. The van der Waals surface area contributed by atoms with Gasteiger partial charge in [-0.25, -0.2) is 13.5 Å². The predicted molar refractivity (Wildman–Crippen MR) is 81.1 cm³/mol. The summed E-state index contributed by atoms with van der Waals surface area (Å²) in [4.78, 5) is 0. The van der Waals surface area contributed by atoms with Crippen molar-refractivity contribution in [2.24, 2.45) is 5.10 Å². The maximum atomic E-state index is 13.4. The van der Waals surface area contributed by atoms with Crippen molar-refractivity contribution in [3.8, 4) is 5.69 Å². The third-order valence-electron chi connectivity index (χ3n) is 2.95. The molecule has 4 nitrogen and oxygen atoms in total. The first-order valence-electron chi connectivity index (χ1n) is 6.56. The van der Waals surface area contributed by atoms with E-state index in [1.54, 1.807) is 17.1 Å². The molecule has 6 heteroatoms. The molecule has 0 amide bonds. The van der Waals surface area contributed by atoms with Gasteiger partial charge in [-0.2, -0.15) is 10.2 Å². The SMILES string of the molecule is Fc1ccc(N/N=C\c2cnn(-c3ccccc3)c2)c(F)c1. The Hall–Kier alpha value is -3.02. The average molecular weight is 298 g/mol. The maximum absolute atomic E-state index is 13.4. The number of hydrogen-bond acceptors (Lipinski definition) is 3. The van der Waals surface area contributed by atoms with E-state index in [4.69, 9.17) is 0 Å². The fourth-order valence-corrected chi connectivity index (χ4v) is 1.88. The molecule has 0 saturated carbocycles. The van der Waals surface area contributed by atoms with Crippen molar-refractivity contribution in [3.63, 3.8) is 0 Å². The zero-order valence-corrected chi connectivity index (χ0v) is 11.4. The number of halogens is 2. The third-order valence-corrected chi connectivity index (χ3v) is 2.95. The van der Waals surface area contributed by atoms with Gasteiger partial charge in [0.25, 0.3) is 0 Å². The molecule has 0 saturated heterocycles. The first-order valence-corrected chi connectivity index (χ1v) is 6.56. The second kappa shape index (κ2) is 6.17. The second-order valence-electron chi connectivity index (χ2n) is 4.55. The van der Waals surface area contributed by atoms with Gasteiger partial charge in [-0.3, -0.25) is 5.43 Å². The van der Waals surface area contributed by atoms with Gasteiger partial charge in [-0.1, -0.05) is 18.2 Å². The number of anilines is 1. The van der Waals surface area contributed by atoms with E-state index in [-0.39, 0.29) is 5.69 Å². The highest BCUT2D eigenvalue weighted by Gasteiger charge is 2.02. The summed E-state index contributed by atoms with van der Waals surface area (Å²) in [6.45, 7) is 0. The molecule has 2 aromatic carbocycles. The van der Waals surface area contributed by atoms with E-state index in [0.29, 0.717) is 0 Å². The van der Waals surface area contributed by atoms with Crippen LogP contribution in [0.15, 0.2) is 66.0 Å². The summed E-state index contributed by atoms with van der Waals surface area (Å²) in [7, 11) is 0. The number of hydrogen-bond donors (Lipinski definition) is 1. The van der Waals surface area contributed by atoms with E-state index in [2.05, 4.69) is 15.6 Å². The highest BCUT2D eigenvalue weighted by atomic mass is 19.1. The minimum absolute atomic E-state index is 0.105. The highest BCUT2D eigenvalue weighted by molar-refractivity contribution is 5.79. The van der Waals surface area contributed by atoms with Gasteiger partial charge in [-0.05, 0) is 24.3 Å². The zero-order valence-electron chi connectivity index (χ0n) is 11.4. The molecular weight excluding hydrogens is 286 g/mol. The molecular formula is C16H12F2N4. The fraction of sp³-hybridized carbons (Fsp3) is 0. The molecule has 0 aliphatic rings. The first-order chi connectivity index (χ1) is 10.7. The van der Waals surface area contributed by atoms with E-state index < -0.39 is 11.6 Å². The summed E-state index contributed by atoms with van der Waals surface area (Å²) in [6, 6.07) is 12.9. The summed E-state index contributed by atoms with van der Waals surface area (Å²) in [5, 5.41) is 8.13. The van der Waals surface area contributed by atoms with Crippen molar-refractivity contribution in [3.05, 3.63) is 78.1 Å². The molecule has 1 aromatic heterocycles. The Morgan fingerprint density at radius 1 is 1.09 bits per heavy atom. The second-order valence-corrected chi connectivity index (χ2v) is 4.55. The van der Waals surface area contributed by atoms with Crippen molar-refractivity contribution in [1.82, 2.24) is 9.78 Å². The van der Waals surface area contributed by atoms with Crippen LogP contribution in [0.5, 0.6) is 0 Å². The Morgan fingerprint density at radius 2 is 1.91 bits per heavy atom. The Kier molecular flexibility index (Phi) is 3.91. The summed E-state index contributed by atoms with van der Waals surface area (Å²) in [5.74, 6) is -1.33. The lowest BCUT2D eigenvalue weighted by molar-refractivity contribution is 0.585. The van der Waals surface area contributed by atoms with Gasteiger partial charge in [0.2, 0.25) is 0 Å². The van der Waals surface area contributed by atoms with Gasteiger partial charge < -0.3 is 0 Å². The standard InChI is InChI=1S/C16H12F2N4/c17-13-6-7-16(15(18)8-13)21-19-9-12-10-20-22(11-12)14-4-2-1-3-5-14/h1-11,21H/b19-9-. The number of para-hydroxylation sites is 1. The van der Waals surface area contributed by atoms with Crippen LogP contribution in [0.1, 0.15) is 5.56 Å². The van der Waals surface area contributed by atoms with E-state index in [1.807, 2.05) is 30.3 Å². The molecule has 0 aliphatic carbocycles. The van der Waals surface area contributed by atoms with Crippen LogP contribution >= 0.6 is 0 Å². The van der Waals surface area contributed by atoms with Crippen molar-refractivity contribution in [1.29, 1.82) is 0 Å². The topological polar surface area (TPSA) is 42.2 Å². The molecule has 0 fully saturated rings. The molecule has 3 aromatic rings. The minimum atomic E-state index is -0.697. The molecule has 0 radical (unpaired) electrons. The molecule has 0 unspecified atom stereocenters. The van der Waals surface area contributed by atoms with Crippen LogP contribution < -0.4 is 5.43 Å². The normalized spacial score (nSPS) is 11.0. The van der Waals surface area contributed by atoms with Gasteiger partial charge in [0.1, 0.15) is 5.82 Å². The number of hydrazone groups is 1. The summed E-state index contributed by atoms with van der Waals surface area (Å²) >= 11 is 0. The Labute approximate surface area is 125 Å². The van der Waals surface area contributed by atoms with Crippen LogP contribution in [0.25, 0.3) is 5.69 Å². The van der Waals surface area contributed by atoms with Crippen LogP contribution in [-0.4, -0.2) is 16.0 Å². The monoisotopic (exact) mass is 298 g/mol. The molecule has 0 spiro atoms. The largest absolute Gasteiger partial charge is 0.276 e. The minimum Gasteiger partial charge on any atom is -0.276 e. The van der Waals surface area contributed by atoms with E-state index in [0.717, 1.165) is 23.4 Å². The van der Waals surface area contributed by atoms with Crippen LogP contribution in [-0.2, 0) is 0 Å². The summed E-state index contributed by atoms with van der Waals surface area (Å²) in [6.07, 6.45) is 4.94. The van der Waals surface area contributed by atoms with Gasteiger partial charge in [-0.15, -0.1) is 0 Å². The number of nitrogens with zero attached hydrogens (tertiary/aromatic N) is 3. The molecule has 0 aliphatic heterocycles. The van der Waals surface area contributed by atoms with Crippen molar-refractivity contribution >= 4 is 11.9 Å². The summed E-state index contributed by atoms with van der Waals surface area (Å²) in [5.41, 5.74) is 4.31. The van der Waals surface area contributed by atoms with Crippen molar-refractivity contribution < 1.29 is 8.78 Å². The number of rotatable bonds is 4. The molecule has 0 bridgehead atoms. The molecule has 1 heterocycles. The molecule has 0 atom stereocenters. The van der Waals surface area contributed by atoms with Crippen LogP contribution in [0.3, 0.4) is 0 Å². The Balaban J connectivity index is 1.70. The maximum Gasteiger partial charge on any atom is 0.151 e. The number of aromatic nitrogens is 2. The lowest BCUT2D eigenvalue weighted by atomic mass is 10.3. The first kappa shape index (κ1) is 13.9. The highest BCUT2D eigenvalue weighted by Crippen LogP contribution is 2.14.